The molecule has 2 fully saturated rings. The van der Waals surface area contributed by atoms with E-state index in [0.717, 1.165) is 100 Å². The summed E-state index contributed by atoms with van der Waals surface area (Å²) in [6.07, 6.45) is 9.43. The van der Waals surface area contributed by atoms with Crippen LogP contribution in [0, 0.1) is 11.3 Å². The van der Waals surface area contributed by atoms with Crippen LogP contribution in [0.3, 0.4) is 0 Å². The number of nitrogens with zero attached hydrogens (tertiary/aromatic N) is 3. The summed E-state index contributed by atoms with van der Waals surface area (Å²) < 4.78 is 2.31. The summed E-state index contributed by atoms with van der Waals surface area (Å²) in [5.41, 5.74) is 8.84. The molecule has 1 aromatic carbocycles. The summed E-state index contributed by atoms with van der Waals surface area (Å²) in [7, 11) is 0. The summed E-state index contributed by atoms with van der Waals surface area (Å²) in [5, 5.41) is 8.95. The molecule has 3 heterocycles. The SMILES string of the molecule is CCCC(CCC)C(=O)N1CCC[C@@H]1C(=O)N1CCC[C@H]1CCc1cc2ccc(C(=N)N)cc2n1CC. The van der Waals surface area contributed by atoms with Crippen LogP contribution in [-0.4, -0.2) is 57.2 Å². The first kappa shape index (κ1) is 27.2. The maximum atomic E-state index is 13.8. The van der Waals surface area contributed by atoms with Crippen LogP contribution < -0.4 is 5.73 Å². The molecule has 2 aromatic rings. The Labute approximate surface area is 221 Å². The van der Waals surface area contributed by atoms with Crippen molar-refractivity contribution in [2.45, 2.75) is 104 Å². The molecular weight excluding hydrogens is 462 g/mol. The highest BCUT2D eigenvalue weighted by molar-refractivity contribution is 5.98. The van der Waals surface area contributed by atoms with Gasteiger partial charge in [-0.25, -0.2) is 0 Å². The number of nitrogens with one attached hydrogen (secondary N) is 1. The number of rotatable bonds is 11. The molecule has 0 spiro atoms. The fourth-order valence-electron chi connectivity index (χ4n) is 6.60. The Bertz CT molecular complexity index is 1120. The molecule has 2 atom stereocenters. The lowest BCUT2D eigenvalue weighted by atomic mass is 9.96. The molecule has 7 heteroatoms. The second-order valence-corrected chi connectivity index (χ2v) is 10.9. The number of amides is 2. The van der Waals surface area contributed by atoms with Gasteiger partial charge in [-0.05, 0) is 75.8 Å². The molecule has 3 N–H and O–H groups in total. The Morgan fingerprint density at radius 1 is 1.03 bits per heavy atom. The predicted molar refractivity (Wildman–Crippen MR) is 150 cm³/mol. The van der Waals surface area contributed by atoms with Crippen molar-refractivity contribution in [3.63, 3.8) is 0 Å². The molecule has 0 radical (unpaired) electrons. The first-order valence-corrected chi connectivity index (χ1v) is 14.5. The Hall–Kier alpha value is -2.83. The summed E-state index contributed by atoms with van der Waals surface area (Å²) in [6, 6.07) is 8.14. The van der Waals surface area contributed by atoms with Crippen LogP contribution in [0.2, 0.25) is 0 Å². The van der Waals surface area contributed by atoms with E-state index >= 15 is 0 Å². The van der Waals surface area contributed by atoms with Crippen LogP contribution >= 0.6 is 0 Å². The van der Waals surface area contributed by atoms with E-state index in [-0.39, 0.29) is 35.7 Å². The van der Waals surface area contributed by atoms with Crippen LogP contribution in [-0.2, 0) is 22.6 Å². The minimum atomic E-state index is -0.281. The Morgan fingerprint density at radius 3 is 2.41 bits per heavy atom. The van der Waals surface area contributed by atoms with Crippen molar-refractivity contribution in [2.24, 2.45) is 11.7 Å². The molecule has 2 saturated heterocycles. The fraction of sp³-hybridized carbons (Fsp3) is 0.633. The van der Waals surface area contributed by atoms with Crippen molar-refractivity contribution in [1.82, 2.24) is 14.4 Å². The average molecular weight is 508 g/mol. The molecule has 0 bridgehead atoms. The minimum absolute atomic E-state index is 0.0530. The molecule has 7 nitrogen and oxygen atoms in total. The second kappa shape index (κ2) is 12.1. The molecule has 2 amide bonds. The molecule has 2 aliphatic rings. The zero-order valence-electron chi connectivity index (χ0n) is 23.0. The van der Waals surface area contributed by atoms with Gasteiger partial charge in [0.15, 0.2) is 0 Å². The molecule has 0 saturated carbocycles. The highest BCUT2D eigenvalue weighted by atomic mass is 16.2. The van der Waals surface area contributed by atoms with Gasteiger partial charge in [-0.15, -0.1) is 0 Å². The standard InChI is InChI=1S/C30H45N5O2/c1-4-9-21(10-5-2)29(36)35-18-8-12-26(35)30(37)34-17-7-11-24(34)15-16-25-19-22-13-14-23(28(31)32)20-27(22)33(25)6-3/h13-14,19-21,24,26H,4-12,15-18H2,1-3H3,(H3,31,32)/t24-,26+/m0/s1. The number of carbonyl (C=O) groups excluding carboxylic acids is 2. The summed E-state index contributed by atoms with van der Waals surface area (Å²) in [6.45, 7) is 8.79. The Balaban J connectivity index is 1.46. The molecule has 37 heavy (non-hydrogen) atoms. The van der Waals surface area contributed by atoms with E-state index in [1.807, 2.05) is 23.1 Å². The molecule has 4 rings (SSSR count). The van der Waals surface area contributed by atoms with E-state index in [4.69, 9.17) is 11.1 Å². The highest BCUT2D eigenvalue weighted by Crippen LogP contribution is 2.30. The number of aryl methyl sites for hydroxylation is 2. The normalized spacial score (nSPS) is 19.9. The molecule has 1 aromatic heterocycles. The predicted octanol–water partition coefficient (Wildman–Crippen LogP) is 5.08. The number of amidine groups is 1. The van der Waals surface area contributed by atoms with Gasteiger partial charge in [-0.1, -0.05) is 38.8 Å². The van der Waals surface area contributed by atoms with Crippen molar-refractivity contribution < 1.29 is 9.59 Å². The lowest BCUT2D eigenvalue weighted by Crippen LogP contribution is -2.50. The van der Waals surface area contributed by atoms with Crippen LogP contribution in [0.4, 0.5) is 0 Å². The first-order chi connectivity index (χ1) is 17.9. The van der Waals surface area contributed by atoms with Gasteiger partial charge in [0.2, 0.25) is 11.8 Å². The number of hydrogen-bond donors (Lipinski definition) is 2. The number of hydrogen-bond acceptors (Lipinski definition) is 3. The highest BCUT2D eigenvalue weighted by Gasteiger charge is 2.41. The van der Waals surface area contributed by atoms with Crippen LogP contribution in [0.25, 0.3) is 10.9 Å². The lowest BCUT2D eigenvalue weighted by Gasteiger charge is -2.33. The quantitative estimate of drug-likeness (QED) is 0.328. The minimum Gasteiger partial charge on any atom is -0.384 e. The van der Waals surface area contributed by atoms with Gasteiger partial charge in [0, 0.05) is 48.4 Å². The Morgan fingerprint density at radius 2 is 1.73 bits per heavy atom. The van der Waals surface area contributed by atoms with Gasteiger partial charge in [0.05, 0.1) is 0 Å². The van der Waals surface area contributed by atoms with Crippen molar-refractivity contribution >= 4 is 28.6 Å². The smallest absolute Gasteiger partial charge is 0.245 e. The van der Waals surface area contributed by atoms with E-state index in [1.54, 1.807) is 0 Å². The maximum Gasteiger partial charge on any atom is 0.245 e. The third-order valence-electron chi connectivity index (χ3n) is 8.46. The monoisotopic (exact) mass is 507 g/mol. The number of fused-ring (bicyclic) bond motifs is 1. The van der Waals surface area contributed by atoms with Crippen molar-refractivity contribution in [3.8, 4) is 0 Å². The van der Waals surface area contributed by atoms with Gasteiger partial charge >= 0.3 is 0 Å². The van der Waals surface area contributed by atoms with Gasteiger partial charge in [-0.2, -0.15) is 0 Å². The maximum absolute atomic E-state index is 13.8. The molecule has 202 valence electrons. The third kappa shape index (κ3) is 5.70. The van der Waals surface area contributed by atoms with Gasteiger partial charge in [0.25, 0.3) is 0 Å². The van der Waals surface area contributed by atoms with Crippen molar-refractivity contribution in [2.75, 3.05) is 13.1 Å². The number of nitrogens with two attached hydrogens (primary N) is 1. The Kier molecular flexibility index (Phi) is 8.93. The van der Waals surface area contributed by atoms with Crippen LogP contribution in [0.5, 0.6) is 0 Å². The van der Waals surface area contributed by atoms with Gasteiger partial charge in [0.1, 0.15) is 11.9 Å². The van der Waals surface area contributed by atoms with Gasteiger partial charge in [-0.3, -0.25) is 15.0 Å². The molecule has 0 unspecified atom stereocenters. The summed E-state index contributed by atoms with van der Waals surface area (Å²) in [4.78, 5) is 31.2. The molecular formula is C30H45N5O2. The number of nitrogen functional groups attached to an aromatic ring is 1. The average Bonchev–Trinajstić information content (AvgIpc) is 3.64. The second-order valence-electron chi connectivity index (χ2n) is 10.9. The lowest BCUT2D eigenvalue weighted by molar-refractivity contribution is -0.146. The van der Waals surface area contributed by atoms with E-state index < -0.39 is 0 Å². The fourth-order valence-corrected chi connectivity index (χ4v) is 6.60. The summed E-state index contributed by atoms with van der Waals surface area (Å²) >= 11 is 0. The zero-order chi connectivity index (χ0) is 26.5. The van der Waals surface area contributed by atoms with Crippen molar-refractivity contribution in [1.29, 1.82) is 5.41 Å². The summed E-state index contributed by atoms with van der Waals surface area (Å²) in [5.74, 6) is 0.509. The number of likely N-dealkylation sites (tertiary alicyclic amines) is 2. The number of benzene rings is 1. The zero-order valence-corrected chi connectivity index (χ0v) is 23.0. The number of aromatic nitrogens is 1. The van der Waals surface area contributed by atoms with E-state index in [2.05, 4.69) is 36.3 Å². The van der Waals surface area contributed by atoms with Crippen molar-refractivity contribution in [3.05, 3.63) is 35.5 Å². The van der Waals surface area contributed by atoms with Crippen LogP contribution in [0.15, 0.2) is 24.3 Å². The topological polar surface area (TPSA) is 95.4 Å². The van der Waals surface area contributed by atoms with Crippen LogP contribution in [0.1, 0.15) is 89.8 Å². The van der Waals surface area contributed by atoms with E-state index in [9.17, 15) is 9.59 Å². The molecule has 0 aliphatic carbocycles. The van der Waals surface area contributed by atoms with E-state index in [1.165, 1.54) is 5.69 Å². The first-order valence-electron chi connectivity index (χ1n) is 14.5. The van der Waals surface area contributed by atoms with Gasteiger partial charge < -0.3 is 20.1 Å². The molecule has 2 aliphatic heterocycles. The third-order valence-corrected chi connectivity index (χ3v) is 8.46. The number of carbonyl (C=O) groups is 2. The van der Waals surface area contributed by atoms with E-state index in [0.29, 0.717) is 0 Å². The largest absolute Gasteiger partial charge is 0.384 e.